The van der Waals surface area contributed by atoms with E-state index in [9.17, 15) is 0 Å². The van der Waals surface area contributed by atoms with Crippen molar-refractivity contribution in [1.82, 2.24) is 9.78 Å². The van der Waals surface area contributed by atoms with Crippen LogP contribution >= 0.6 is 59.1 Å². The molecule has 18 heavy (non-hydrogen) atoms. The normalized spacial score (nSPS) is 13.3. The van der Waals surface area contributed by atoms with E-state index in [2.05, 4.69) is 66.7 Å². The van der Waals surface area contributed by atoms with Gasteiger partial charge in [-0.2, -0.15) is 5.10 Å². The fraction of sp³-hybridized carbons (Fsp3) is 0.364. The van der Waals surface area contributed by atoms with Gasteiger partial charge in [0.15, 0.2) is 0 Å². The smallest absolute Gasteiger partial charge is 0.0762 e. The Balaban J connectivity index is 2.48. The first kappa shape index (κ1) is 14.7. The van der Waals surface area contributed by atoms with Crippen LogP contribution in [0.4, 0.5) is 0 Å². The summed E-state index contributed by atoms with van der Waals surface area (Å²) in [5, 5.41) is 4.36. The van der Waals surface area contributed by atoms with Gasteiger partial charge in [0.2, 0.25) is 0 Å². The molecule has 0 amide bonds. The van der Waals surface area contributed by atoms with Crippen molar-refractivity contribution < 1.29 is 0 Å². The lowest BCUT2D eigenvalue weighted by molar-refractivity contribution is 0.498. The average molecular weight is 458 g/mol. The second-order valence-corrected chi connectivity index (χ2v) is 8.78. The molecule has 2 N–H and O–H groups in total. The zero-order chi connectivity index (χ0) is 13.4. The lowest BCUT2D eigenvalue weighted by Crippen LogP contribution is -2.19. The first-order valence-electron chi connectivity index (χ1n) is 5.35. The van der Waals surface area contributed by atoms with Crippen molar-refractivity contribution >= 4 is 59.1 Å². The summed E-state index contributed by atoms with van der Waals surface area (Å²) in [6.45, 7) is 4.18. The van der Waals surface area contributed by atoms with Crippen LogP contribution in [0.5, 0.6) is 0 Å². The van der Waals surface area contributed by atoms with Gasteiger partial charge in [-0.1, -0.05) is 0 Å². The van der Waals surface area contributed by atoms with Crippen molar-refractivity contribution in [2.75, 3.05) is 0 Å². The van der Waals surface area contributed by atoms with Crippen molar-refractivity contribution in [2.45, 2.75) is 25.9 Å². The van der Waals surface area contributed by atoms with E-state index in [4.69, 9.17) is 5.73 Å². The van der Waals surface area contributed by atoms with Crippen molar-refractivity contribution in [3.8, 4) is 0 Å². The van der Waals surface area contributed by atoms with E-state index < -0.39 is 0 Å². The van der Waals surface area contributed by atoms with Gasteiger partial charge >= 0.3 is 0 Å². The summed E-state index contributed by atoms with van der Waals surface area (Å²) in [7, 11) is 0. The van der Waals surface area contributed by atoms with Gasteiger partial charge in [-0.25, -0.2) is 0 Å². The summed E-state index contributed by atoms with van der Waals surface area (Å²) < 4.78 is 5.00. The number of nitrogens with two attached hydrogens (primary N) is 1. The van der Waals surface area contributed by atoms with Crippen LogP contribution in [0.3, 0.4) is 0 Å². The van der Waals surface area contributed by atoms with Crippen LogP contribution in [0.1, 0.15) is 37.2 Å². The highest BCUT2D eigenvalue weighted by atomic mass is 79.9. The molecule has 2 rings (SSSR count). The molecular formula is C11H12Br3N3S. The molecule has 0 spiro atoms. The quantitative estimate of drug-likeness (QED) is 0.715. The highest BCUT2D eigenvalue weighted by Crippen LogP contribution is 2.38. The van der Waals surface area contributed by atoms with Gasteiger partial charge in [-0.3, -0.25) is 4.68 Å². The topological polar surface area (TPSA) is 43.8 Å². The highest BCUT2D eigenvalue weighted by Gasteiger charge is 2.22. The summed E-state index contributed by atoms with van der Waals surface area (Å²) in [4.78, 5) is 0. The van der Waals surface area contributed by atoms with E-state index in [-0.39, 0.29) is 12.1 Å². The molecule has 0 saturated heterocycles. The van der Waals surface area contributed by atoms with Gasteiger partial charge in [0.25, 0.3) is 0 Å². The number of thiophene rings is 1. The Bertz CT molecular complexity index is 562. The van der Waals surface area contributed by atoms with Gasteiger partial charge in [0, 0.05) is 11.6 Å². The molecule has 3 nitrogen and oxygen atoms in total. The van der Waals surface area contributed by atoms with Gasteiger partial charge in [0.1, 0.15) is 0 Å². The summed E-state index contributed by atoms with van der Waals surface area (Å²) in [6.07, 6.45) is 1.80. The Morgan fingerprint density at radius 1 is 1.33 bits per heavy atom. The second-order valence-electron chi connectivity index (χ2n) is 4.17. The van der Waals surface area contributed by atoms with Crippen LogP contribution in [0.2, 0.25) is 0 Å². The van der Waals surface area contributed by atoms with Gasteiger partial charge in [-0.15, -0.1) is 11.3 Å². The number of rotatable bonds is 3. The molecule has 0 aliphatic rings. The number of nitrogens with zero attached hydrogens (tertiary/aromatic N) is 2. The van der Waals surface area contributed by atoms with Crippen molar-refractivity contribution in [2.24, 2.45) is 5.73 Å². The molecule has 0 fully saturated rings. The van der Waals surface area contributed by atoms with Gasteiger partial charge in [0.05, 0.1) is 30.0 Å². The summed E-state index contributed by atoms with van der Waals surface area (Å²) in [6, 6.07) is 2.11. The molecule has 0 aromatic carbocycles. The maximum absolute atomic E-state index is 6.38. The zero-order valence-corrected chi connectivity index (χ0v) is 15.4. The maximum atomic E-state index is 6.38. The third-order valence-electron chi connectivity index (χ3n) is 2.59. The Morgan fingerprint density at radius 2 is 2.00 bits per heavy atom. The first-order valence-corrected chi connectivity index (χ1v) is 8.54. The SMILES string of the molecule is CC(C)n1ncc(Br)c1C(N)c1cc(Br)sc1Br. The highest BCUT2D eigenvalue weighted by molar-refractivity contribution is 9.12. The van der Waals surface area contributed by atoms with E-state index >= 15 is 0 Å². The molecule has 7 heteroatoms. The zero-order valence-electron chi connectivity index (χ0n) is 9.82. The molecule has 2 heterocycles. The minimum absolute atomic E-state index is 0.207. The fourth-order valence-corrected chi connectivity index (χ4v) is 5.21. The van der Waals surface area contributed by atoms with Crippen LogP contribution in [0, 0.1) is 0 Å². The maximum Gasteiger partial charge on any atom is 0.0762 e. The van der Waals surface area contributed by atoms with Crippen molar-refractivity contribution in [1.29, 1.82) is 0 Å². The fourth-order valence-electron chi connectivity index (χ4n) is 1.77. The van der Waals surface area contributed by atoms with Gasteiger partial charge < -0.3 is 5.73 Å². The Labute approximate surface area is 135 Å². The van der Waals surface area contributed by atoms with Crippen LogP contribution in [-0.2, 0) is 0 Å². The molecule has 1 unspecified atom stereocenters. The molecular weight excluding hydrogens is 446 g/mol. The molecule has 0 bridgehead atoms. The van der Waals surface area contributed by atoms with E-state index in [1.54, 1.807) is 17.5 Å². The minimum Gasteiger partial charge on any atom is -0.319 e. The number of hydrogen-bond donors (Lipinski definition) is 1. The van der Waals surface area contributed by atoms with E-state index in [1.807, 2.05) is 10.7 Å². The van der Waals surface area contributed by atoms with Crippen LogP contribution < -0.4 is 5.73 Å². The Kier molecular flexibility index (Phi) is 4.70. The molecule has 2 aromatic rings. The van der Waals surface area contributed by atoms with Crippen LogP contribution in [0.15, 0.2) is 24.3 Å². The third-order valence-corrected chi connectivity index (χ3v) is 5.59. The van der Waals surface area contributed by atoms with Crippen molar-refractivity contribution in [3.63, 3.8) is 0 Å². The molecule has 0 aliphatic heterocycles. The van der Waals surface area contributed by atoms with Crippen LogP contribution in [-0.4, -0.2) is 9.78 Å². The molecule has 1 atom stereocenters. The second kappa shape index (κ2) is 5.75. The van der Waals surface area contributed by atoms with E-state index in [0.29, 0.717) is 0 Å². The third kappa shape index (κ3) is 2.75. The molecule has 0 aliphatic carbocycles. The monoisotopic (exact) mass is 455 g/mol. The molecule has 0 saturated carbocycles. The van der Waals surface area contributed by atoms with Crippen molar-refractivity contribution in [3.05, 3.63) is 35.6 Å². The summed E-state index contributed by atoms with van der Waals surface area (Å²) in [5.41, 5.74) is 8.44. The largest absolute Gasteiger partial charge is 0.319 e. The summed E-state index contributed by atoms with van der Waals surface area (Å²) in [5.74, 6) is 0. The molecule has 2 aromatic heterocycles. The van der Waals surface area contributed by atoms with Crippen LogP contribution in [0.25, 0.3) is 0 Å². The molecule has 98 valence electrons. The first-order chi connectivity index (χ1) is 8.41. The summed E-state index contributed by atoms with van der Waals surface area (Å²) >= 11 is 12.2. The Morgan fingerprint density at radius 3 is 2.50 bits per heavy atom. The van der Waals surface area contributed by atoms with E-state index in [0.717, 1.165) is 23.3 Å². The van der Waals surface area contributed by atoms with Gasteiger partial charge in [-0.05, 0) is 67.7 Å². The standard InChI is InChI=1S/C11H12Br3N3S/c1-5(2)17-10(7(12)4-16-17)9(15)6-3-8(13)18-11(6)14/h3-5,9H,15H2,1-2H3. The predicted octanol–water partition coefficient (Wildman–Crippen LogP) is 4.86. The number of aromatic nitrogens is 2. The number of hydrogen-bond acceptors (Lipinski definition) is 3. The minimum atomic E-state index is -0.207. The average Bonchev–Trinajstić information content (AvgIpc) is 2.81. The van der Waals surface area contributed by atoms with E-state index in [1.165, 1.54) is 0 Å². The number of halogens is 3. The predicted molar refractivity (Wildman–Crippen MR) is 86.1 cm³/mol. The lowest BCUT2D eigenvalue weighted by Gasteiger charge is -2.17. The Hall–Kier alpha value is 0.310. The lowest BCUT2D eigenvalue weighted by atomic mass is 10.1. The molecule has 0 radical (unpaired) electrons.